The lowest BCUT2D eigenvalue weighted by Crippen LogP contribution is -2.01. The summed E-state index contributed by atoms with van der Waals surface area (Å²) in [5.74, 6) is 0.642. The van der Waals surface area contributed by atoms with Gasteiger partial charge in [0.15, 0.2) is 11.6 Å². The summed E-state index contributed by atoms with van der Waals surface area (Å²) in [5, 5.41) is 14.3. The van der Waals surface area contributed by atoms with Crippen molar-refractivity contribution in [2.24, 2.45) is 0 Å². The van der Waals surface area contributed by atoms with Crippen molar-refractivity contribution in [1.82, 2.24) is 9.97 Å². The van der Waals surface area contributed by atoms with Crippen molar-refractivity contribution in [2.45, 2.75) is 6.54 Å². The standard InChI is InChI=1S/C9H9N3OS/c13-8-2-1-3-10-9(8)11-4-7-5-14-6-12-7/h1-3,5-6,13H,4H2,(H,10,11). The van der Waals surface area contributed by atoms with Gasteiger partial charge < -0.3 is 10.4 Å². The van der Waals surface area contributed by atoms with Gasteiger partial charge in [-0.2, -0.15) is 0 Å². The fraction of sp³-hybridized carbons (Fsp3) is 0.111. The molecule has 0 amide bonds. The zero-order valence-corrected chi connectivity index (χ0v) is 8.16. The summed E-state index contributed by atoms with van der Waals surface area (Å²) < 4.78 is 0. The molecule has 0 bridgehead atoms. The summed E-state index contributed by atoms with van der Waals surface area (Å²) in [6.07, 6.45) is 1.63. The minimum atomic E-state index is 0.155. The molecule has 0 saturated carbocycles. The second-order valence-corrected chi connectivity index (χ2v) is 3.42. The van der Waals surface area contributed by atoms with Gasteiger partial charge in [0.05, 0.1) is 17.7 Å². The van der Waals surface area contributed by atoms with Gasteiger partial charge in [0.1, 0.15) is 0 Å². The van der Waals surface area contributed by atoms with Gasteiger partial charge >= 0.3 is 0 Å². The first-order valence-electron chi connectivity index (χ1n) is 4.11. The minimum Gasteiger partial charge on any atom is -0.504 e. The van der Waals surface area contributed by atoms with Gasteiger partial charge in [-0.05, 0) is 12.1 Å². The van der Waals surface area contributed by atoms with Crippen molar-refractivity contribution in [1.29, 1.82) is 0 Å². The van der Waals surface area contributed by atoms with Crippen LogP contribution in [-0.4, -0.2) is 15.1 Å². The Bertz CT molecular complexity index is 402. The van der Waals surface area contributed by atoms with Crippen molar-refractivity contribution < 1.29 is 5.11 Å². The molecular weight excluding hydrogens is 198 g/mol. The number of pyridine rings is 1. The van der Waals surface area contributed by atoms with Crippen LogP contribution in [0.3, 0.4) is 0 Å². The SMILES string of the molecule is Oc1cccnc1NCc1cscn1. The second-order valence-electron chi connectivity index (χ2n) is 2.70. The van der Waals surface area contributed by atoms with E-state index in [2.05, 4.69) is 15.3 Å². The Morgan fingerprint density at radius 3 is 3.07 bits per heavy atom. The maximum Gasteiger partial charge on any atom is 0.168 e. The van der Waals surface area contributed by atoms with Crippen molar-refractivity contribution in [3.8, 4) is 5.75 Å². The number of aromatic hydroxyl groups is 1. The topological polar surface area (TPSA) is 58.0 Å². The molecular formula is C9H9N3OS. The van der Waals surface area contributed by atoms with Crippen molar-refractivity contribution in [3.63, 3.8) is 0 Å². The molecule has 0 fully saturated rings. The third-order valence-electron chi connectivity index (χ3n) is 1.71. The highest BCUT2D eigenvalue weighted by molar-refractivity contribution is 7.07. The number of hydrogen-bond acceptors (Lipinski definition) is 5. The molecule has 0 atom stereocenters. The van der Waals surface area contributed by atoms with Crippen LogP contribution >= 0.6 is 11.3 Å². The quantitative estimate of drug-likeness (QED) is 0.806. The van der Waals surface area contributed by atoms with E-state index >= 15 is 0 Å². The van der Waals surface area contributed by atoms with Crippen molar-refractivity contribution in [2.75, 3.05) is 5.32 Å². The minimum absolute atomic E-state index is 0.155. The normalized spacial score (nSPS) is 10.0. The number of nitrogens with zero attached hydrogens (tertiary/aromatic N) is 2. The third-order valence-corrected chi connectivity index (χ3v) is 2.34. The van der Waals surface area contributed by atoms with Crippen LogP contribution in [0.2, 0.25) is 0 Å². The predicted octanol–water partition coefficient (Wildman–Crippen LogP) is 1.86. The maximum atomic E-state index is 9.40. The molecule has 2 aromatic rings. The van der Waals surface area contributed by atoms with Gasteiger partial charge in [-0.15, -0.1) is 11.3 Å². The van der Waals surface area contributed by atoms with Crippen LogP contribution < -0.4 is 5.32 Å². The first-order chi connectivity index (χ1) is 6.86. The van der Waals surface area contributed by atoms with Crippen LogP contribution in [0.25, 0.3) is 0 Å². The Kier molecular flexibility index (Phi) is 2.60. The third kappa shape index (κ3) is 2.00. The monoisotopic (exact) mass is 207 g/mol. The molecule has 4 nitrogen and oxygen atoms in total. The first kappa shape index (κ1) is 8.96. The highest BCUT2D eigenvalue weighted by atomic mass is 32.1. The molecule has 0 aromatic carbocycles. The van der Waals surface area contributed by atoms with Crippen LogP contribution in [0.1, 0.15) is 5.69 Å². The van der Waals surface area contributed by atoms with Crippen LogP contribution in [0.4, 0.5) is 5.82 Å². The number of aromatic nitrogens is 2. The van der Waals surface area contributed by atoms with E-state index < -0.39 is 0 Å². The lowest BCUT2D eigenvalue weighted by atomic mass is 10.4. The molecule has 14 heavy (non-hydrogen) atoms. The molecule has 2 heterocycles. The Morgan fingerprint density at radius 2 is 2.36 bits per heavy atom. The van der Waals surface area contributed by atoms with Gasteiger partial charge in [0.25, 0.3) is 0 Å². The largest absolute Gasteiger partial charge is 0.504 e. The lowest BCUT2D eigenvalue weighted by Gasteiger charge is -2.04. The molecule has 2 N–H and O–H groups in total. The summed E-state index contributed by atoms with van der Waals surface area (Å²) in [6.45, 7) is 0.577. The summed E-state index contributed by atoms with van der Waals surface area (Å²) >= 11 is 1.54. The van der Waals surface area contributed by atoms with Crippen LogP contribution in [0.15, 0.2) is 29.2 Å². The number of hydrogen-bond donors (Lipinski definition) is 2. The maximum absolute atomic E-state index is 9.40. The van der Waals surface area contributed by atoms with Crippen molar-refractivity contribution >= 4 is 17.2 Å². The molecule has 0 radical (unpaired) electrons. The Hall–Kier alpha value is -1.62. The van der Waals surface area contributed by atoms with E-state index in [1.54, 1.807) is 35.2 Å². The Balaban J connectivity index is 2.02. The first-order valence-corrected chi connectivity index (χ1v) is 5.05. The molecule has 0 spiro atoms. The molecule has 0 unspecified atom stereocenters. The summed E-state index contributed by atoms with van der Waals surface area (Å²) in [5.41, 5.74) is 2.72. The molecule has 72 valence electrons. The highest BCUT2D eigenvalue weighted by Gasteiger charge is 2.00. The van der Waals surface area contributed by atoms with E-state index in [4.69, 9.17) is 0 Å². The summed E-state index contributed by atoms with van der Waals surface area (Å²) in [4.78, 5) is 8.10. The summed E-state index contributed by atoms with van der Waals surface area (Å²) in [6, 6.07) is 3.28. The molecule has 5 heteroatoms. The van der Waals surface area contributed by atoms with Gasteiger partial charge in [0.2, 0.25) is 0 Å². The van der Waals surface area contributed by atoms with E-state index in [-0.39, 0.29) is 5.75 Å². The zero-order valence-electron chi connectivity index (χ0n) is 7.34. The Labute approximate surface area is 85.3 Å². The summed E-state index contributed by atoms with van der Waals surface area (Å²) in [7, 11) is 0. The average molecular weight is 207 g/mol. The smallest absolute Gasteiger partial charge is 0.168 e. The van der Waals surface area contributed by atoms with E-state index in [0.717, 1.165) is 5.69 Å². The molecule has 0 aliphatic rings. The zero-order chi connectivity index (χ0) is 9.80. The Morgan fingerprint density at radius 1 is 1.43 bits per heavy atom. The van der Waals surface area contributed by atoms with Gasteiger partial charge in [-0.3, -0.25) is 0 Å². The predicted molar refractivity (Wildman–Crippen MR) is 55.3 cm³/mol. The fourth-order valence-electron chi connectivity index (χ4n) is 1.03. The van der Waals surface area contributed by atoms with Crippen molar-refractivity contribution in [3.05, 3.63) is 34.9 Å². The molecule has 0 aliphatic heterocycles. The van der Waals surface area contributed by atoms with E-state index in [1.165, 1.54) is 0 Å². The van der Waals surface area contributed by atoms with E-state index in [1.807, 2.05) is 5.38 Å². The van der Waals surface area contributed by atoms with Crippen LogP contribution in [0, 0.1) is 0 Å². The average Bonchev–Trinajstić information content (AvgIpc) is 2.69. The van der Waals surface area contributed by atoms with Gasteiger partial charge in [0, 0.05) is 11.6 Å². The number of rotatable bonds is 3. The van der Waals surface area contributed by atoms with Crippen LogP contribution in [0.5, 0.6) is 5.75 Å². The second kappa shape index (κ2) is 4.06. The number of nitrogens with one attached hydrogen (secondary N) is 1. The van der Waals surface area contributed by atoms with Crippen LogP contribution in [-0.2, 0) is 6.54 Å². The number of anilines is 1. The number of thiazole rings is 1. The lowest BCUT2D eigenvalue weighted by molar-refractivity contribution is 0.475. The molecule has 2 aromatic heterocycles. The highest BCUT2D eigenvalue weighted by Crippen LogP contribution is 2.18. The van der Waals surface area contributed by atoms with E-state index in [0.29, 0.717) is 12.4 Å². The molecule has 2 rings (SSSR count). The molecule has 0 saturated heterocycles. The molecule has 0 aliphatic carbocycles. The fourth-order valence-corrected chi connectivity index (χ4v) is 1.59. The van der Waals surface area contributed by atoms with Gasteiger partial charge in [-0.1, -0.05) is 0 Å². The van der Waals surface area contributed by atoms with Gasteiger partial charge in [-0.25, -0.2) is 9.97 Å². The van der Waals surface area contributed by atoms with E-state index in [9.17, 15) is 5.11 Å².